The monoisotopic (exact) mass is 374 g/mol. The van der Waals surface area contributed by atoms with Gasteiger partial charge in [0.05, 0.1) is 0 Å². The first kappa shape index (κ1) is 21.9. The maximum absolute atomic E-state index is 10.5. The van der Waals surface area contributed by atoms with E-state index in [0.717, 1.165) is 36.5 Å². The number of ether oxygens (including phenoxy) is 1. The second-order valence-corrected chi connectivity index (χ2v) is 8.06. The van der Waals surface area contributed by atoms with Crippen molar-refractivity contribution < 1.29 is 9.84 Å². The lowest BCUT2D eigenvalue weighted by atomic mass is 9.94. The molecule has 1 N–H and O–H groups in total. The summed E-state index contributed by atoms with van der Waals surface area (Å²) in [4.78, 5) is 4.66. The molecule has 0 heterocycles. The van der Waals surface area contributed by atoms with Crippen molar-refractivity contribution in [2.45, 2.75) is 64.6 Å². The maximum Gasteiger partial charge on any atom is 0.123 e. The van der Waals surface area contributed by atoms with Crippen molar-refractivity contribution in [3.8, 4) is 5.75 Å². The van der Waals surface area contributed by atoms with Gasteiger partial charge in [-0.25, -0.2) is 0 Å². The van der Waals surface area contributed by atoms with Crippen LogP contribution in [0.5, 0.6) is 5.75 Å². The molecule has 0 aromatic heterocycles. The van der Waals surface area contributed by atoms with Crippen LogP contribution in [0.4, 0.5) is 0 Å². The minimum atomic E-state index is -0.470. The van der Waals surface area contributed by atoms with E-state index in [2.05, 4.69) is 43.3 Å². The molecule has 0 bridgehead atoms. The molecule has 1 aliphatic carbocycles. The summed E-state index contributed by atoms with van der Waals surface area (Å²) in [5.41, 5.74) is 2.32. The highest BCUT2D eigenvalue weighted by atomic mass is 16.5. The van der Waals surface area contributed by atoms with Gasteiger partial charge in [0.15, 0.2) is 0 Å². The summed E-state index contributed by atoms with van der Waals surface area (Å²) < 4.78 is 6.01. The Bertz CT molecular complexity index is 569. The zero-order valence-corrected chi connectivity index (χ0v) is 17.5. The van der Waals surface area contributed by atoms with Crippen LogP contribution >= 0.6 is 0 Å². The van der Waals surface area contributed by atoms with Crippen molar-refractivity contribution in [1.82, 2.24) is 9.80 Å². The van der Waals surface area contributed by atoms with Crippen molar-refractivity contribution in [3.63, 3.8) is 0 Å². The fourth-order valence-corrected chi connectivity index (χ4v) is 3.92. The minimum Gasteiger partial charge on any atom is -0.491 e. The van der Waals surface area contributed by atoms with Gasteiger partial charge in [-0.3, -0.25) is 4.90 Å². The van der Waals surface area contributed by atoms with Crippen molar-refractivity contribution in [3.05, 3.63) is 42.0 Å². The molecular formula is C23H38N2O2. The zero-order chi connectivity index (χ0) is 19.6. The van der Waals surface area contributed by atoms with E-state index in [1.165, 1.54) is 32.1 Å². The van der Waals surface area contributed by atoms with E-state index in [1.54, 1.807) is 0 Å². The molecule has 152 valence electrons. The Labute approximate surface area is 165 Å². The number of para-hydroxylation sites is 1. The van der Waals surface area contributed by atoms with E-state index < -0.39 is 6.10 Å². The van der Waals surface area contributed by atoms with Crippen LogP contribution in [0, 0.1) is 0 Å². The highest BCUT2D eigenvalue weighted by molar-refractivity contribution is 5.33. The molecular weight excluding hydrogens is 336 g/mol. The topological polar surface area (TPSA) is 35.9 Å². The second kappa shape index (κ2) is 11.5. The Morgan fingerprint density at radius 3 is 2.63 bits per heavy atom. The Balaban J connectivity index is 1.86. The van der Waals surface area contributed by atoms with Crippen LogP contribution in [0.15, 0.2) is 36.4 Å². The van der Waals surface area contributed by atoms with Crippen LogP contribution in [-0.2, 0) is 6.54 Å². The summed E-state index contributed by atoms with van der Waals surface area (Å²) in [5.74, 6) is 0.872. The molecule has 1 saturated carbocycles. The first-order chi connectivity index (χ1) is 13.0. The number of benzene rings is 1. The van der Waals surface area contributed by atoms with Gasteiger partial charge in [0.1, 0.15) is 18.5 Å². The lowest BCUT2D eigenvalue weighted by Crippen LogP contribution is -2.40. The number of aliphatic hydroxyl groups is 1. The van der Waals surface area contributed by atoms with Gasteiger partial charge in [-0.2, -0.15) is 0 Å². The Morgan fingerprint density at radius 2 is 1.96 bits per heavy atom. The molecule has 1 aromatic carbocycles. The maximum atomic E-state index is 10.5. The third-order valence-electron chi connectivity index (χ3n) is 5.44. The number of aliphatic hydroxyl groups excluding tert-OH is 1. The molecule has 2 rings (SSSR count). The van der Waals surface area contributed by atoms with Crippen LogP contribution < -0.4 is 4.74 Å². The Hall–Kier alpha value is -1.36. The van der Waals surface area contributed by atoms with Gasteiger partial charge in [0.25, 0.3) is 0 Å². The molecule has 1 aromatic rings. The average molecular weight is 375 g/mol. The number of nitrogens with zero attached hydrogens (tertiary/aromatic N) is 2. The van der Waals surface area contributed by atoms with Gasteiger partial charge in [-0.1, -0.05) is 56.5 Å². The zero-order valence-electron chi connectivity index (χ0n) is 17.5. The summed E-state index contributed by atoms with van der Waals surface area (Å²) in [6, 6.07) is 8.76. The summed E-state index contributed by atoms with van der Waals surface area (Å²) in [5, 5.41) is 10.5. The molecule has 0 spiro atoms. The van der Waals surface area contributed by atoms with Crippen LogP contribution in [0.1, 0.15) is 51.5 Å². The molecule has 1 aliphatic rings. The van der Waals surface area contributed by atoms with Crippen molar-refractivity contribution in [1.29, 1.82) is 0 Å². The molecule has 0 saturated heterocycles. The summed E-state index contributed by atoms with van der Waals surface area (Å²) >= 11 is 0. The van der Waals surface area contributed by atoms with Gasteiger partial charge >= 0.3 is 0 Å². The van der Waals surface area contributed by atoms with E-state index >= 15 is 0 Å². The van der Waals surface area contributed by atoms with Crippen LogP contribution in [0.25, 0.3) is 0 Å². The van der Waals surface area contributed by atoms with Crippen LogP contribution in [0.3, 0.4) is 0 Å². The first-order valence-electron chi connectivity index (χ1n) is 10.4. The van der Waals surface area contributed by atoms with Crippen molar-refractivity contribution in [2.24, 2.45) is 0 Å². The van der Waals surface area contributed by atoms with Gasteiger partial charge in [-0.15, -0.1) is 0 Å². The molecule has 4 nitrogen and oxygen atoms in total. The third-order valence-corrected chi connectivity index (χ3v) is 5.44. The molecule has 27 heavy (non-hydrogen) atoms. The Kier molecular flexibility index (Phi) is 9.32. The Morgan fingerprint density at radius 1 is 1.26 bits per heavy atom. The number of hydrogen-bond donors (Lipinski definition) is 1. The predicted molar refractivity (Wildman–Crippen MR) is 113 cm³/mol. The van der Waals surface area contributed by atoms with Gasteiger partial charge < -0.3 is 14.7 Å². The highest BCUT2D eigenvalue weighted by Gasteiger charge is 2.20. The quantitative estimate of drug-likeness (QED) is 0.592. The largest absolute Gasteiger partial charge is 0.491 e. The van der Waals surface area contributed by atoms with Crippen molar-refractivity contribution in [2.75, 3.05) is 33.3 Å². The normalized spacial score (nSPS) is 16.7. The first-order valence-corrected chi connectivity index (χ1v) is 10.4. The lowest BCUT2D eigenvalue weighted by Gasteiger charge is -2.32. The summed E-state index contributed by atoms with van der Waals surface area (Å²) in [6.45, 7) is 11.9. The smallest absolute Gasteiger partial charge is 0.123 e. The number of likely N-dealkylation sites (N-methyl/N-ethyl adjacent to an activating group) is 2. The molecule has 1 atom stereocenters. The minimum absolute atomic E-state index is 0.334. The van der Waals surface area contributed by atoms with Gasteiger partial charge in [0, 0.05) is 31.2 Å². The fraction of sp³-hybridized carbons (Fsp3) is 0.652. The van der Waals surface area contributed by atoms with Gasteiger partial charge in [-0.05, 0) is 39.4 Å². The van der Waals surface area contributed by atoms with E-state index in [0.29, 0.717) is 19.2 Å². The third kappa shape index (κ3) is 7.65. The molecule has 0 amide bonds. The standard InChI is InChI=1S/C23H38N2O2/c1-5-25(15-19(2)3)16-20-11-9-10-14-23(20)27-18-22(26)17-24(4)21-12-7-6-8-13-21/h9-11,14,21-22,26H,2,5-8,12-13,15-18H2,1,3-4H3/t22-/m1/s1. The second-order valence-electron chi connectivity index (χ2n) is 8.06. The van der Waals surface area contributed by atoms with E-state index in [-0.39, 0.29) is 0 Å². The van der Waals surface area contributed by atoms with E-state index in [4.69, 9.17) is 4.74 Å². The molecule has 0 unspecified atom stereocenters. The molecule has 0 aliphatic heterocycles. The summed E-state index contributed by atoms with van der Waals surface area (Å²) in [6.07, 6.45) is 6.01. The molecule has 1 fully saturated rings. The fourth-order valence-electron chi connectivity index (χ4n) is 3.92. The average Bonchev–Trinajstić information content (AvgIpc) is 2.67. The van der Waals surface area contributed by atoms with E-state index in [1.807, 2.05) is 18.2 Å². The number of hydrogen-bond acceptors (Lipinski definition) is 4. The lowest BCUT2D eigenvalue weighted by molar-refractivity contribution is 0.0556. The van der Waals surface area contributed by atoms with Crippen molar-refractivity contribution >= 4 is 0 Å². The van der Waals surface area contributed by atoms with Gasteiger partial charge in [0.2, 0.25) is 0 Å². The molecule has 4 heteroatoms. The van der Waals surface area contributed by atoms with E-state index in [9.17, 15) is 5.11 Å². The van der Waals surface area contributed by atoms with Crippen LogP contribution in [0.2, 0.25) is 0 Å². The highest BCUT2D eigenvalue weighted by Crippen LogP contribution is 2.23. The summed E-state index contributed by atoms with van der Waals surface area (Å²) in [7, 11) is 2.13. The van der Waals surface area contributed by atoms with Crippen LogP contribution in [-0.4, -0.2) is 60.3 Å². The molecule has 0 radical (unpaired) electrons. The predicted octanol–water partition coefficient (Wildman–Crippen LogP) is 4.09. The SMILES string of the molecule is C=C(C)CN(CC)Cc1ccccc1OC[C@H](O)CN(C)C1CCCCC1. The number of rotatable bonds is 11.